The highest BCUT2D eigenvalue weighted by Crippen LogP contribution is 2.28. The molecule has 0 saturated heterocycles. The minimum absolute atomic E-state index is 0.0698. The van der Waals surface area contributed by atoms with Crippen LogP contribution in [0.1, 0.15) is 30.3 Å². The van der Waals surface area contributed by atoms with Gasteiger partial charge >= 0.3 is 5.97 Å². The zero-order valence-electron chi connectivity index (χ0n) is 18.0. The standard InChI is InChI=1S/C24H27FN2O4/c1-5-21(31-4)20(25)13-16(2)23-24(27-19(15-26-23)7-6-12-30-3)18-10-8-17(9-11-18)14-22(28)29/h5,8-11,13,15H,2,6-7,12,14H2,1,3-4H3,(H,28,29)/b20-13+,21-5+. The summed E-state index contributed by atoms with van der Waals surface area (Å²) in [5.41, 5.74) is 3.50. The molecule has 0 aliphatic carbocycles. The van der Waals surface area contributed by atoms with E-state index < -0.39 is 11.8 Å². The molecule has 164 valence electrons. The largest absolute Gasteiger partial charge is 0.494 e. The van der Waals surface area contributed by atoms with Gasteiger partial charge in [-0.05, 0) is 43.1 Å². The van der Waals surface area contributed by atoms with Crippen molar-refractivity contribution >= 4 is 11.5 Å². The summed E-state index contributed by atoms with van der Waals surface area (Å²) in [5, 5.41) is 8.98. The van der Waals surface area contributed by atoms with E-state index in [4.69, 9.17) is 19.6 Å². The van der Waals surface area contributed by atoms with E-state index in [1.165, 1.54) is 19.3 Å². The summed E-state index contributed by atoms with van der Waals surface area (Å²) in [7, 11) is 3.03. The molecule has 2 rings (SSSR count). The monoisotopic (exact) mass is 426 g/mol. The fourth-order valence-electron chi connectivity index (χ4n) is 2.98. The molecule has 0 amide bonds. The van der Waals surface area contributed by atoms with E-state index in [2.05, 4.69) is 11.6 Å². The minimum atomic E-state index is -0.903. The third-order valence-electron chi connectivity index (χ3n) is 4.51. The Hall–Kier alpha value is -3.32. The van der Waals surface area contributed by atoms with E-state index >= 15 is 0 Å². The quantitative estimate of drug-likeness (QED) is 0.317. The number of nitrogens with zero attached hydrogens (tertiary/aromatic N) is 2. The van der Waals surface area contributed by atoms with E-state index in [0.29, 0.717) is 35.6 Å². The van der Waals surface area contributed by atoms with Gasteiger partial charge in [0.05, 0.1) is 30.6 Å². The van der Waals surface area contributed by atoms with Crippen LogP contribution in [-0.2, 0) is 27.1 Å². The van der Waals surface area contributed by atoms with Gasteiger partial charge in [-0.15, -0.1) is 0 Å². The van der Waals surface area contributed by atoms with E-state index in [9.17, 15) is 9.18 Å². The SMILES string of the molecule is C=C(/C=C(F)\C(=C/C)OC)c1ncc(CCCOC)nc1-c1ccc(CC(=O)O)cc1. The summed E-state index contributed by atoms with van der Waals surface area (Å²) in [4.78, 5) is 20.2. The number of aryl methyl sites for hydroxylation is 1. The number of aromatic nitrogens is 2. The number of carbonyl (C=O) groups is 1. The Labute approximate surface area is 181 Å². The van der Waals surface area contributed by atoms with Crippen LogP contribution in [-0.4, -0.2) is 41.9 Å². The summed E-state index contributed by atoms with van der Waals surface area (Å²) in [6.45, 7) is 6.24. The molecule has 0 bridgehead atoms. The Bertz CT molecular complexity index is 982. The normalized spacial score (nSPS) is 12.0. The lowest BCUT2D eigenvalue weighted by Gasteiger charge is -2.12. The predicted molar refractivity (Wildman–Crippen MR) is 118 cm³/mol. The number of halogens is 1. The molecule has 1 aromatic carbocycles. The fraction of sp³-hybridized carbons (Fsp3) is 0.292. The summed E-state index contributed by atoms with van der Waals surface area (Å²) in [6, 6.07) is 7.03. The number of benzene rings is 1. The highest BCUT2D eigenvalue weighted by Gasteiger charge is 2.14. The van der Waals surface area contributed by atoms with Crippen molar-refractivity contribution in [1.29, 1.82) is 0 Å². The van der Waals surface area contributed by atoms with Crippen LogP contribution in [0, 0.1) is 0 Å². The lowest BCUT2D eigenvalue weighted by atomic mass is 10.0. The first-order chi connectivity index (χ1) is 14.9. The maximum Gasteiger partial charge on any atom is 0.307 e. The van der Waals surface area contributed by atoms with Crippen LogP contribution in [0.3, 0.4) is 0 Å². The third-order valence-corrected chi connectivity index (χ3v) is 4.51. The van der Waals surface area contributed by atoms with Crippen molar-refractivity contribution in [3.63, 3.8) is 0 Å². The lowest BCUT2D eigenvalue weighted by molar-refractivity contribution is -0.136. The number of hydrogen-bond donors (Lipinski definition) is 1. The van der Waals surface area contributed by atoms with Gasteiger partial charge in [-0.2, -0.15) is 0 Å². The van der Waals surface area contributed by atoms with Crippen molar-refractivity contribution in [3.8, 4) is 11.3 Å². The zero-order chi connectivity index (χ0) is 22.8. The molecule has 0 unspecified atom stereocenters. The van der Waals surface area contributed by atoms with Crippen LogP contribution >= 0.6 is 0 Å². The first-order valence-electron chi connectivity index (χ1n) is 9.82. The van der Waals surface area contributed by atoms with Gasteiger partial charge in [-0.25, -0.2) is 9.37 Å². The topological polar surface area (TPSA) is 81.5 Å². The number of carboxylic acids is 1. The number of allylic oxidation sites excluding steroid dienone is 4. The average Bonchev–Trinajstić information content (AvgIpc) is 2.75. The van der Waals surface area contributed by atoms with Crippen LogP contribution in [0.15, 0.2) is 60.8 Å². The Morgan fingerprint density at radius 1 is 1.26 bits per heavy atom. The Morgan fingerprint density at radius 2 is 1.97 bits per heavy atom. The highest BCUT2D eigenvalue weighted by atomic mass is 19.1. The van der Waals surface area contributed by atoms with Crippen molar-refractivity contribution in [2.24, 2.45) is 0 Å². The second-order valence-corrected chi connectivity index (χ2v) is 6.80. The molecule has 0 aliphatic rings. The molecule has 31 heavy (non-hydrogen) atoms. The summed E-state index contributed by atoms with van der Waals surface area (Å²) < 4.78 is 24.6. The molecular weight excluding hydrogens is 399 g/mol. The van der Waals surface area contributed by atoms with Gasteiger partial charge < -0.3 is 14.6 Å². The summed E-state index contributed by atoms with van der Waals surface area (Å²) in [6.07, 6.45) is 5.82. The van der Waals surface area contributed by atoms with E-state index in [0.717, 1.165) is 17.7 Å². The lowest BCUT2D eigenvalue weighted by Crippen LogP contribution is -2.03. The maximum atomic E-state index is 14.5. The number of carboxylic acid groups (broad SMARTS) is 1. The molecule has 6 nitrogen and oxygen atoms in total. The predicted octanol–water partition coefficient (Wildman–Crippen LogP) is 4.77. The number of rotatable bonds is 11. The van der Waals surface area contributed by atoms with Gasteiger partial charge in [0, 0.05) is 25.5 Å². The molecule has 0 atom stereocenters. The van der Waals surface area contributed by atoms with Gasteiger partial charge in [0.2, 0.25) is 0 Å². The van der Waals surface area contributed by atoms with Crippen molar-refractivity contribution in [2.75, 3.05) is 20.8 Å². The molecule has 0 radical (unpaired) electrons. The van der Waals surface area contributed by atoms with E-state index in [-0.39, 0.29) is 12.2 Å². The number of ether oxygens (including phenoxy) is 2. The first kappa shape index (κ1) is 24.0. The van der Waals surface area contributed by atoms with E-state index in [1.807, 2.05) is 0 Å². The van der Waals surface area contributed by atoms with Crippen molar-refractivity contribution in [1.82, 2.24) is 9.97 Å². The van der Waals surface area contributed by atoms with Gasteiger partial charge in [0.25, 0.3) is 0 Å². The fourth-order valence-corrected chi connectivity index (χ4v) is 2.98. The number of methoxy groups -OCH3 is 2. The highest BCUT2D eigenvalue weighted by molar-refractivity contribution is 5.81. The second-order valence-electron chi connectivity index (χ2n) is 6.80. The number of aliphatic carboxylic acids is 1. The Balaban J connectivity index is 2.46. The Kier molecular flexibility index (Phi) is 9.09. The molecule has 0 aliphatic heterocycles. The van der Waals surface area contributed by atoms with Gasteiger partial charge in [-0.3, -0.25) is 9.78 Å². The smallest absolute Gasteiger partial charge is 0.307 e. The van der Waals surface area contributed by atoms with Crippen LogP contribution in [0.4, 0.5) is 4.39 Å². The van der Waals surface area contributed by atoms with E-state index in [1.54, 1.807) is 44.5 Å². The van der Waals surface area contributed by atoms with Crippen LogP contribution < -0.4 is 0 Å². The zero-order valence-corrected chi connectivity index (χ0v) is 18.0. The second kappa shape index (κ2) is 11.8. The molecule has 0 spiro atoms. The van der Waals surface area contributed by atoms with Gasteiger partial charge in [0.1, 0.15) is 5.76 Å². The van der Waals surface area contributed by atoms with Gasteiger partial charge in [-0.1, -0.05) is 30.8 Å². The molecule has 0 saturated carbocycles. The van der Waals surface area contributed by atoms with Crippen molar-refractivity contribution in [3.05, 3.63) is 77.7 Å². The molecule has 1 N–H and O–H groups in total. The Morgan fingerprint density at radius 3 is 2.55 bits per heavy atom. The molecule has 1 heterocycles. The van der Waals surface area contributed by atoms with Crippen LogP contribution in [0.5, 0.6) is 0 Å². The van der Waals surface area contributed by atoms with Crippen molar-refractivity contribution < 1.29 is 23.8 Å². The first-order valence-corrected chi connectivity index (χ1v) is 9.82. The summed E-state index contributed by atoms with van der Waals surface area (Å²) >= 11 is 0. The molecule has 0 fully saturated rings. The minimum Gasteiger partial charge on any atom is -0.494 e. The number of hydrogen-bond acceptors (Lipinski definition) is 5. The van der Waals surface area contributed by atoms with Crippen LogP contribution in [0.2, 0.25) is 0 Å². The van der Waals surface area contributed by atoms with Crippen LogP contribution in [0.25, 0.3) is 16.8 Å². The molecule has 2 aromatic rings. The van der Waals surface area contributed by atoms with Gasteiger partial charge in [0.15, 0.2) is 5.83 Å². The molecule has 1 aromatic heterocycles. The molecular formula is C24H27FN2O4. The average molecular weight is 426 g/mol. The third kappa shape index (κ3) is 6.86. The maximum absolute atomic E-state index is 14.5. The summed E-state index contributed by atoms with van der Waals surface area (Å²) in [5.74, 6) is -1.37. The van der Waals surface area contributed by atoms with Crippen molar-refractivity contribution in [2.45, 2.75) is 26.2 Å². The molecule has 7 heteroatoms.